The van der Waals surface area contributed by atoms with E-state index in [0.717, 1.165) is 39.0 Å². The molecular weight excluding hydrogens is 183 g/mol. The summed E-state index contributed by atoms with van der Waals surface area (Å²) in [6, 6.07) is 0.278. The van der Waals surface area contributed by atoms with Crippen molar-refractivity contribution in [2.45, 2.75) is 37.5 Å². The zero-order valence-corrected chi connectivity index (χ0v) is 8.49. The van der Waals surface area contributed by atoms with E-state index in [9.17, 15) is 4.39 Å². The maximum Gasteiger partial charge on any atom is 0.128 e. The molecular formula is C10H19FN2O. The summed E-state index contributed by atoms with van der Waals surface area (Å²) in [7, 11) is 0. The van der Waals surface area contributed by atoms with Crippen LogP contribution in [0.1, 0.15) is 19.3 Å². The molecule has 0 aromatic carbocycles. The van der Waals surface area contributed by atoms with Crippen molar-refractivity contribution in [1.29, 1.82) is 0 Å². The molecule has 2 atom stereocenters. The summed E-state index contributed by atoms with van der Waals surface area (Å²) in [5.41, 5.74) is 5.64. The van der Waals surface area contributed by atoms with Crippen molar-refractivity contribution in [1.82, 2.24) is 4.90 Å². The molecule has 2 aliphatic heterocycles. The highest BCUT2D eigenvalue weighted by Gasteiger charge is 2.31. The standard InChI is InChI=1S/C10H19FN2O/c11-9-7-13(4-1-10(9)12)8-2-5-14-6-3-8/h8-10H,1-7,12H2/t9-,10?/m0/s1. The molecule has 3 nitrogen and oxygen atoms in total. The van der Waals surface area contributed by atoms with Gasteiger partial charge in [0.05, 0.1) is 0 Å². The van der Waals surface area contributed by atoms with E-state index >= 15 is 0 Å². The molecule has 0 amide bonds. The van der Waals surface area contributed by atoms with Crippen LogP contribution in [0.4, 0.5) is 4.39 Å². The highest BCUT2D eigenvalue weighted by Crippen LogP contribution is 2.20. The van der Waals surface area contributed by atoms with Crippen LogP contribution in [0.3, 0.4) is 0 Å². The van der Waals surface area contributed by atoms with E-state index in [1.54, 1.807) is 0 Å². The van der Waals surface area contributed by atoms with Crippen LogP contribution in [0.25, 0.3) is 0 Å². The largest absolute Gasteiger partial charge is 0.381 e. The minimum absolute atomic E-state index is 0.244. The summed E-state index contributed by atoms with van der Waals surface area (Å²) in [6.07, 6.45) is 2.04. The Morgan fingerprint density at radius 1 is 1.21 bits per heavy atom. The lowest BCUT2D eigenvalue weighted by atomic mass is 9.99. The van der Waals surface area contributed by atoms with Crippen LogP contribution < -0.4 is 5.73 Å². The fourth-order valence-corrected chi connectivity index (χ4v) is 2.33. The van der Waals surface area contributed by atoms with Gasteiger partial charge < -0.3 is 10.5 Å². The number of alkyl halides is 1. The van der Waals surface area contributed by atoms with E-state index < -0.39 is 6.17 Å². The Kier molecular flexibility index (Phi) is 3.36. The minimum Gasteiger partial charge on any atom is -0.381 e. The zero-order valence-electron chi connectivity index (χ0n) is 8.49. The average molecular weight is 202 g/mol. The van der Waals surface area contributed by atoms with E-state index in [0.29, 0.717) is 12.6 Å². The van der Waals surface area contributed by atoms with Gasteiger partial charge in [-0.3, -0.25) is 4.90 Å². The van der Waals surface area contributed by atoms with Crippen LogP contribution in [0.5, 0.6) is 0 Å². The van der Waals surface area contributed by atoms with Crippen molar-refractivity contribution in [3.05, 3.63) is 0 Å². The number of halogens is 1. The number of nitrogens with two attached hydrogens (primary N) is 1. The van der Waals surface area contributed by atoms with Gasteiger partial charge in [0.1, 0.15) is 6.17 Å². The van der Waals surface area contributed by atoms with Gasteiger partial charge >= 0.3 is 0 Å². The number of nitrogens with zero attached hydrogens (tertiary/aromatic N) is 1. The first-order chi connectivity index (χ1) is 6.77. The Hall–Kier alpha value is -0.190. The topological polar surface area (TPSA) is 38.5 Å². The molecule has 82 valence electrons. The molecule has 14 heavy (non-hydrogen) atoms. The van der Waals surface area contributed by atoms with Gasteiger partial charge in [-0.05, 0) is 19.3 Å². The number of likely N-dealkylation sites (tertiary alicyclic amines) is 1. The fraction of sp³-hybridized carbons (Fsp3) is 1.00. The lowest BCUT2D eigenvalue weighted by Crippen LogP contribution is -2.52. The van der Waals surface area contributed by atoms with E-state index in [2.05, 4.69) is 4.90 Å². The summed E-state index contributed by atoms with van der Waals surface area (Å²) in [5, 5.41) is 0. The summed E-state index contributed by atoms with van der Waals surface area (Å²) in [4.78, 5) is 2.25. The van der Waals surface area contributed by atoms with Crippen LogP contribution in [-0.4, -0.2) is 49.5 Å². The molecule has 0 saturated carbocycles. The van der Waals surface area contributed by atoms with Crippen molar-refractivity contribution in [2.24, 2.45) is 5.73 Å². The predicted octanol–water partition coefficient (Wildman–Crippen LogP) is 0.536. The maximum absolute atomic E-state index is 13.4. The van der Waals surface area contributed by atoms with Gasteiger partial charge in [-0.15, -0.1) is 0 Å². The van der Waals surface area contributed by atoms with Crippen molar-refractivity contribution in [3.63, 3.8) is 0 Å². The molecule has 0 spiro atoms. The Bertz CT molecular complexity index is 185. The first kappa shape index (κ1) is 10.3. The lowest BCUT2D eigenvalue weighted by Gasteiger charge is -2.39. The van der Waals surface area contributed by atoms with Gasteiger partial charge in [0.2, 0.25) is 0 Å². The number of hydrogen-bond donors (Lipinski definition) is 1. The number of piperidine rings is 1. The summed E-state index contributed by atoms with van der Waals surface area (Å²) >= 11 is 0. The lowest BCUT2D eigenvalue weighted by molar-refractivity contribution is 0.00859. The smallest absolute Gasteiger partial charge is 0.128 e. The molecule has 2 heterocycles. The molecule has 0 radical (unpaired) electrons. The zero-order chi connectivity index (χ0) is 9.97. The molecule has 0 aromatic rings. The highest BCUT2D eigenvalue weighted by molar-refractivity contribution is 4.86. The quantitative estimate of drug-likeness (QED) is 0.674. The van der Waals surface area contributed by atoms with E-state index in [-0.39, 0.29) is 6.04 Å². The van der Waals surface area contributed by atoms with Crippen molar-refractivity contribution >= 4 is 0 Å². The van der Waals surface area contributed by atoms with E-state index in [1.807, 2.05) is 0 Å². The maximum atomic E-state index is 13.4. The normalized spacial score (nSPS) is 37.3. The first-order valence-corrected chi connectivity index (χ1v) is 5.49. The average Bonchev–Trinajstić information content (AvgIpc) is 2.23. The van der Waals surface area contributed by atoms with Crippen molar-refractivity contribution < 1.29 is 9.13 Å². The van der Waals surface area contributed by atoms with Crippen LogP contribution in [0, 0.1) is 0 Å². The molecule has 2 rings (SSSR count). The SMILES string of the molecule is NC1CCN(C2CCOCC2)C[C@@H]1F. The molecule has 2 aliphatic rings. The predicted molar refractivity (Wildman–Crippen MR) is 52.9 cm³/mol. The van der Waals surface area contributed by atoms with Crippen molar-refractivity contribution in [2.75, 3.05) is 26.3 Å². The summed E-state index contributed by atoms with van der Waals surface area (Å²) in [5.74, 6) is 0. The van der Waals surface area contributed by atoms with Crippen LogP contribution in [0.15, 0.2) is 0 Å². The number of hydrogen-bond acceptors (Lipinski definition) is 3. The highest BCUT2D eigenvalue weighted by atomic mass is 19.1. The second-order valence-electron chi connectivity index (χ2n) is 4.31. The molecule has 2 saturated heterocycles. The third-order valence-electron chi connectivity index (χ3n) is 3.33. The summed E-state index contributed by atoms with van der Waals surface area (Å²) in [6.45, 7) is 3.12. The summed E-state index contributed by atoms with van der Waals surface area (Å²) < 4.78 is 18.7. The van der Waals surface area contributed by atoms with E-state index in [4.69, 9.17) is 10.5 Å². The molecule has 4 heteroatoms. The third-order valence-corrected chi connectivity index (χ3v) is 3.33. The van der Waals surface area contributed by atoms with Gasteiger partial charge in [-0.1, -0.05) is 0 Å². The molecule has 1 unspecified atom stereocenters. The fourth-order valence-electron chi connectivity index (χ4n) is 2.33. The minimum atomic E-state index is -0.841. The van der Waals surface area contributed by atoms with Gasteiger partial charge in [-0.25, -0.2) is 4.39 Å². The van der Waals surface area contributed by atoms with Gasteiger partial charge in [0, 0.05) is 38.4 Å². The second-order valence-corrected chi connectivity index (χ2v) is 4.31. The second kappa shape index (κ2) is 4.55. The Morgan fingerprint density at radius 2 is 1.93 bits per heavy atom. The molecule has 0 aliphatic carbocycles. The van der Waals surface area contributed by atoms with E-state index in [1.165, 1.54) is 0 Å². The van der Waals surface area contributed by atoms with Gasteiger partial charge in [-0.2, -0.15) is 0 Å². The molecule has 0 aromatic heterocycles. The van der Waals surface area contributed by atoms with Crippen LogP contribution in [0.2, 0.25) is 0 Å². The Labute approximate surface area is 84.4 Å². The monoisotopic (exact) mass is 202 g/mol. The molecule has 0 bridgehead atoms. The number of ether oxygens (including phenoxy) is 1. The van der Waals surface area contributed by atoms with Crippen molar-refractivity contribution in [3.8, 4) is 0 Å². The van der Waals surface area contributed by atoms with Gasteiger partial charge in [0.25, 0.3) is 0 Å². The number of rotatable bonds is 1. The molecule has 2 fully saturated rings. The first-order valence-electron chi connectivity index (χ1n) is 5.49. The van der Waals surface area contributed by atoms with Gasteiger partial charge in [0.15, 0.2) is 0 Å². The van der Waals surface area contributed by atoms with Crippen LogP contribution in [-0.2, 0) is 4.74 Å². The molecule has 2 N–H and O–H groups in total. The Morgan fingerprint density at radius 3 is 2.57 bits per heavy atom. The Balaban J connectivity index is 1.85. The van der Waals surface area contributed by atoms with Crippen LogP contribution >= 0.6 is 0 Å². The third kappa shape index (κ3) is 2.24.